The highest BCUT2D eigenvalue weighted by Crippen LogP contribution is 2.32. The molecular formula is C11H11BrCl2N2O3S. The number of nitrogens with one attached hydrogen (secondary N) is 2. The molecule has 1 fully saturated rings. The summed E-state index contributed by atoms with van der Waals surface area (Å²) in [5, 5.41) is 2.68. The summed E-state index contributed by atoms with van der Waals surface area (Å²) in [4.78, 5) is 10.9. The summed E-state index contributed by atoms with van der Waals surface area (Å²) in [7, 11) is -3.84. The minimum atomic E-state index is -3.84. The van der Waals surface area contributed by atoms with Gasteiger partial charge in [-0.1, -0.05) is 39.1 Å². The van der Waals surface area contributed by atoms with Crippen LogP contribution in [0.5, 0.6) is 0 Å². The molecule has 1 aromatic rings. The zero-order chi connectivity index (χ0) is 14.9. The fraction of sp³-hybridized carbons (Fsp3) is 0.364. The van der Waals surface area contributed by atoms with E-state index in [0.29, 0.717) is 10.9 Å². The molecule has 1 aliphatic heterocycles. The van der Waals surface area contributed by atoms with Gasteiger partial charge in [0.25, 0.3) is 0 Å². The third-order valence-corrected chi connectivity index (χ3v) is 5.72. The highest BCUT2D eigenvalue weighted by atomic mass is 79.9. The van der Waals surface area contributed by atoms with Crippen LogP contribution >= 0.6 is 39.1 Å². The Bertz CT molecular complexity index is 618. The van der Waals surface area contributed by atoms with Gasteiger partial charge in [0.05, 0.1) is 10.0 Å². The highest BCUT2D eigenvalue weighted by molar-refractivity contribution is 9.10. The van der Waals surface area contributed by atoms with Crippen LogP contribution in [0.3, 0.4) is 0 Å². The molecule has 20 heavy (non-hydrogen) atoms. The van der Waals surface area contributed by atoms with Crippen molar-refractivity contribution in [2.45, 2.75) is 23.8 Å². The zero-order valence-electron chi connectivity index (χ0n) is 10.1. The summed E-state index contributed by atoms with van der Waals surface area (Å²) >= 11 is 15.1. The second kappa shape index (κ2) is 6.19. The molecule has 5 nitrogen and oxygen atoms in total. The van der Waals surface area contributed by atoms with E-state index in [1.807, 2.05) is 0 Å². The van der Waals surface area contributed by atoms with Gasteiger partial charge in [0.2, 0.25) is 15.9 Å². The van der Waals surface area contributed by atoms with Crippen LogP contribution < -0.4 is 10.0 Å². The van der Waals surface area contributed by atoms with Crippen LogP contribution in [0, 0.1) is 0 Å². The molecule has 2 N–H and O–H groups in total. The molecule has 0 bridgehead atoms. The average molecular weight is 402 g/mol. The first-order valence-corrected chi connectivity index (χ1v) is 8.76. The SMILES string of the molecule is O=C1CCC(NS(=O)(=O)c2c(Cl)cc(Br)cc2Cl)CN1. The quantitative estimate of drug-likeness (QED) is 0.815. The lowest BCUT2D eigenvalue weighted by molar-refractivity contribution is -0.122. The first-order valence-electron chi connectivity index (χ1n) is 5.73. The molecule has 0 aliphatic carbocycles. The molecule has 1 unspecified atom stereocenters. The number of benzene rings is 1. The molecule has 1 heterocycles. The Morgan fingerprint density at radius 3 is 2.40 bits per heavy atom. The van der Waals surface area contributed by atoms with Crippen molar-refractivity contribution in [1.29, 1.82) is 0 Å². The molecule has 1 saturated heterocycles. The Balaban J connectivity index is 2.25. The fourth-order valence-electron chi connectivity index (χ4n) is 1.90. The molecule has 0 saturated carbocycles. The highest BCUT2D eigenvalue weighted by Gasteiger charge is 2.27. The third kappa shape index (κ3) is 3.65. The number of rotatable bonds is 3. The maximum atomic E-state index is 12.3. The van der Waals surface area contributed by atoms with Crippen LogP contribution in [0.2, 0.25) is 10.0 Å². The van der Waals surface area contributed by atoms with E-state index in [0.717, 1.165) is 0 Å². The molecule has 1 atom stereocenters. The second-order valence-corrected chi connectivity index (χ2v) is 7.74. The van der Waals surface area contributed by atoms with Gasteiger partial charge < -0.3 is 5.32 Å². The number of carbonyl (C=O) groups is 1. The van der Waals surface area contributed by atoms with E-state index in [4.69, 9.17) is 23.2 Å². The van der Waals surface area contributed by atoms with Crippen LogP contribution in [0.4, 0.5) is 0 Å². The maximum absolute atomic E-state index is 12.3. The number of amides is 1. The van der Waals surface area contributed by atoms with Gasteiger partial charge in [-0.05, 0) is 18.6 Å². The second-order valence-electron chi connectivity index (χ2n) is 4.36. The summed E-state index contributed by atoms with van der Waals surface area (Å²) in [5.41, 5.74) is 0. The molecule has 2 rings (SSSR count). The molecule has 0 spiro atoms. The van der Waals surface area contributed by atoms with Crippen LogP contribution in [0.1, 0.15) is 12.8 Å². The lowest BCUT2D eigenvalue weighted by Gasteiger charge is -2.23. The van der Waals surface area contributed by atoms with Gasteiger partial charge in [-0.2, -0.15) is 0 Å². The largest absolute Gasteiger partial charge is 0.355 e. The van der Waals surface area contributed by atoms with Crippen molar-refractivity contribution in [3.8, 4) is 0 Å². The average Bonchev–Trinajstić information content (AvgIpc) is 2.30. The minimum absolute atomic E-state index is 0.0386. The number of hydrogen-bond donors (Lipinski definition) is 2. The number of hydrogen-bond acceptors (Lipinski definition) is 3. The van der Waals surface area contributed by atoms with Crippen molar-refractivity contribution in [3.63, 3.8) is 0 Å². The van der Waals surface area contributed by atoms with E-state index in [9.17, 15) is 13.2 Å². The minimum Gasteiger partial charge on any atom is -0.355 e. The Morgan fingerprint density at radius 2 is 1.90 bits per heavy atom. The van der Waals surface area contributed by atoms with E-state index in [1.165, 1.54) is 12.1 Å². The molecule has 1 aromatic carbocycles. The van der Waals surface area contributed by atoms with Crippen molar-refractivity contribution >= 4 is 55.1 Å². The van der Waals surface area contributed by atoms with Crippen molar-refractivity contribution in [1.82, 2.24) is 10.0 Å². The topological polar surface area (TPSA) is 75.3 Å². The zero-order valence-corrected chi connectivity index (χ0v) is 14.0. The molecular weight excluding hydrogens is 391 g/mol. The van der Waals surface area contributed by atoms with E-state index in [2.05, 4.69) is 26.0 Å². The summed E-state index contributed by atoms with van der Waals surface area (Å²) in [6.45, 7) is 0.254. The summed E-state index contributed by atoms with van der Waals surface area (Å²) in [6.07, 6.45) is 0.728. The lowest BCUT2D eigenvalue weighted by atomic mass is 10.1. The Morgan fingerprint density at radius 1 is 1.30 bits per heavy atom. The van der Waals surface area contributed by atoms with Crippen molar-refractivity contribution in [2.24, 2.45) is 0 Å². The van der Waals surface area contributed by atoms with Crippen molar-refractivity contribution in [2.75, 3.05) is 6.54 Å². The van der Waals surface area contributed by atoms with Crippen LogP contribution in [0.15, 0.2) is 21.5 Å². The van der Waals surface area contributed by atoms with Crippen molar-refractivity contribution < 1.29 is 13.2 Å². The maximum Gasteiger partial charge on any atom is 0.243 e. The molecule has 1 aliphatic rings. The normalized spacial score (nSPS) is 19.8. The van der Waals surface area contributed by atoms with Crippen LogP contribution in [0.25, 0.3) is 0 Å². The number of sulfonamides is 1. The predicted molar refractivity (Wildman–Crippen MR) is 80.5 cm³/mol. The predicted octanol–water partition coefficient (Wildman–Crippen LogP) is 2.31. The van der Waals surface area contributed by atoms with E-state index in [1.54, 1.807) is 0 Å². The van der Waals surface area contributed by atoms with Gasteiger partial charge in [-0.25, -0.2) is 13.1 Å². The summed E-state index contributed by atoms with van der Waals surface area (Å²) < 4.78 is 27.8. The van der Waals surface area contributed by atoms with E-state index in [-0.39, 0.29) is 39.9 Å². The van der Waals surface area contributed by atoms with Gasteiger partial charge in [-0.3, -0.25) is 4.79 Å². The van der Waals surface area contributed by atoms with Crippen molar-refractivity contribution in [3.05, 3.63) is 26.7 Å². The summed E-state index contributed by atoms with van der Waals surface area (Å²) in [5.74, 6) is -0.0832. The first kappa shape index (κ1) is 16.0. The van der Waals surface area contributed by atoms with Gasteiger partial charge in [0.1, 0.15) is 4.90 Å². The first-order chi connectivity index (χ1) is 9.29. The Kier molecular flexibility index (Phi) is 4.96. The lowest BCUT2D eigenvalue weighted by Crippen LogP contribution is -2.47. The van der Waals surface area contributed by atoms with Gasteiger partial charge in [-0.15, -0.1) is 0 Å². The number of carbonyl (C=O) groups excluding carboxylic acids is 1. The van der Waals surface area contributed by atoms with Gasteiger partial charge >= 0.3 is 0 Å². The molecule has 0 aromatic heterocycles. The number of halogens is 3. The van der Waals surface area contributed by atoms with Crippen LogP contribution in [-0.4, -0.2) is 26.9 Å². The standard InChI is InChI=1S/C11H11BrCl2N2O3S/c12-6-3-8(13)11(9(14)4-6)20(18,19)16-7-1-2-10(17)15-5-7/h3-4,7,16H,1-2,5H2,(H,15,17). The Labute approximate surface area is 135 Å². The van der Waals surface area contributed by atoms with E-state index >= 15 is 0 Å². The van der Waals surface area contributed by atoms with Gasteiger partial charge in [0.15, 0.2) is 0 Å². The molecule has 9 heteroatoms. The summed E-state index contributed by atoms with van der Waals surface area (Å²) in [6, 6.07) is 2.56. The smallest absolute Gasteiger partial charge is 0.243 e. The van der Waals surface area contributed by atoms with Gasteiger partial charge in [0, 0.05) is 23.5 Å². The molecule has 1 amide bonds. The van der Waals surface area contributed by atoms with Crippen LogP contribution in [-0.2, 0) is 14.8 Å². The monoisotopic (exact) mass is 400 g/mol. The molecule has 110 valence electrons. The third-order valence-electron chi connectivity index (χ3n) is 2.82. The molecule has 0 radical (unpaired) electrons. The number of piperidine rings is 1. The van der Waals surface area contributed by atoms with E-state index < -0.39 is 10.0 Å². The fourth-order valence-corrected chi connectivity index (χ4v) is 5.10. The Hall–Kier alpha value is -0.340.